The SMILES string of the molecule is C=C(NOCC(=O)N(Cc1ccccc1O)C1CCCCC1)c1cccs1. The molecule has 1 aromatic heterocycles. The maximum atomic E-state index is 12.9. The lowest BCUT2D eigenvalue weighted by atomic mass is 9.93. The number of aromatic hydroxyl groups is 1. The van der Waals surface area contributed by atoms with Crippen molar-refractivity contribution in [3.63, 3.8) is 0 Å². The Morgan fingerprint density at radius 1 is 1.22 bits per heavy atom. The lowest BCUT2D eigenvalue weighted by molar-refractivity contribution is -0.141. The van der Waals surface area contributed by atoms with Gasteiger partial charge in [0.2, 0.25) is 0 Å². The lowest BCUT2D eigenvalue weighted by Crippen LogP contribution is -2.43. The predicted octanol–water partition coefficient (Wildman–Crippen LogP) is 4.31. The number of para-hydroxylation sites is 1. The molecule has 0 saturated heterocycles. The molecule has 1 aliphatic rings. The van der Waals surface area contributed by atoms with E-state index in [1.807, 2.05) is 34.5 Å². The minimum atomic E-state index is -0.0865. The van der Waals surface area contributed by atoms with E-state index < -0.39 is 0 Å². The molecule has 5 nitrogen and oxygen atoms in total. The number of phenols is 1. The number of rotatable bonds is 8. The molecule has 0 radical (unpaired) electrons. The number of hydrogen-bond acceptors (Lipinski definition) is 5. The average Bonchev–Trinajstić information content (AvgIpc) is 3.23. The Hall–Kier alpha value is -2.31. The summed E-state index contributed by atoms with van der Waals surface area (Å²) >= 11 is 1.56. The largest absolute Gasteiger partial charge is 0.508 e. The summed E-state index contributed by atoms with van der Waals surface area (Å²) in [5.41, 5.74) is 4.17. The van der Waals surface area contributed by atoms with Gasteiger partial charge in [0.25, 0.3) is 5.91 Å². The van der Waals surface area contributed by atoms with Crippen molar-refractivity contribution in [1.29, 1.82) is 0 Å². The first-order chi connectivity index (χ1) is 13.1. The summed E-state index contributed by atoms with van der Waals surface area (Å²) in [7, 11) is 0. The Bertz CT molecular complexity index is 755. The van der Waals surface area contributed by atoms with Crippen molar-refractivity contribution in [1.82, 2.24) is 10.4 Å². The Kier molecular flexibility index (Phi) is 6.90. The van der Waals surface area contributed by atoms with Gasteiger partial charge in [0.1, 0.15) is 5.75 Å². The fraction of sp³-hybridized carbons (Fsp3) is 0.381. The zero-order chi connectivity index (χ0) is 19.1. The van der Waals surface area contributed by atoms with Crippen LogP contribution in [0.15, 0.2) is 48.4 Å². The second-order valence-electron chi connectivity index (χ2n) is 6.79. The van der Waals surface area contributed by atoms with Gasteiger partial charge in [-0.1, -0.05) is 50.1 Å². The summed E-state index contributed by atoms with van der Waals surface area (Å²) in [4.78, 5) is 21.1. The van der Waals surface area contributed by atoms with Crippen molar-refractivity contribution in [2.75, 3.05) is 6.61 Å². The Balaban J connectivity index is 1.61. The average molecular weight is 387 g/mol. The summed E-state index contributed by atoms with van der Waals surface area (Å²) < 4.78 is 0. The Labute approximate surface area is 164 Å². The first kappa shape index (κ1) is 19.5. The highest BCUT2D eigenvalue weighted by Gasteiger charge is 2.26. The van der Waals surface area contributed by atoms with E-state index in [2.05, 4.69) is 12.1 Å². The Morgan fingerprint density at radius 2 is 2.00 bits per heavy atom. The molecule has 1 amide bonds. The van der Waals surface area contributed by atoms with Crippen molar-refractivity contribution in [3.05, 3.63) is 58.8 Å². The van der Waals surface area contributed by atoms with Crippen LogP contribution in [0.1, 0.15) is 42.5 Å². The van der Waals surface area contributed by atoms with Gasteiger partial charge in [0.15, 0.2) is 6.61 Å². The maximum Gasteiger partial charge on any atom is 0.251 e. The molecule has 0 unspecified atom stereocenters. The van der Waals surface area contributed by atoms with Crippen LogP contribution in [0, 0.1) is 0 Å². The third-order valence-electron chi connectivity index (χ3n) is 4.88. The van der Waals surface area contributed by atoms with Crippen molar-refractivity contribution in [2.24, 2.45) is 0 Å². The molecule has 0 spiro atoms. The molecular weight excluding hydrogens is 360 g/mol. The molecule has 2 aromatic rings. The highest BCUT2D eigenvalue weighted by molar-refractivity contribution is 7.11. The van der Waals surface area contributed by atoms with Crippen molar-refractivity contribution in [2.45, 2.75) is 44.7 Å². The van der Waals surface area contributed by atoms with Gasteiger partial charge in [0.05, 0.1) is 10.6 Å². The molecule has 0 bridgehead atoms. The molecule has 1 aromatic carbocycles. The molecule has 27 heavy (non-hydrogen) atoms. The number of carbonyl (C=O) groups is 1. The van der Waals surface area contributed by atoms with Gasteiger partial charge in [-0.2, -0.15) is 0 Å². The topological polar surface area (TPSA) is 61.8 Å². The second-order valence-corrected chi connectivity index (χ2v) is 7.74. The van der Waals surface area contributed by atoms with Crippen LogP contribution in [0.2, 0.25) is 0 Å². The number of nitrogens with one attached hydrogen (secondary N) is 1. The van der Waals surface area contributed by atoms with Crippen LogP contribution in [-0.4, -0.2) is 28.6 Å². The number of nitrogens with zero attached hydrogens (tertiary/aromatic N) is 1. The van der Waals surface area contributed by atoms with E-state index in [0.29, 0.717) is 12.2 Å². The molecule has 6 heteroatoms. The van der Waals surface area contributed by atoms with Crippen molar-refractivity contribution in [3.8, 4) is 5.75 Å². The third kappa shape index (κ3) is 5.34. The first-order valence-corrected chi connectivity index (χ1v) is 10.2. The second kappa shape index (κ2) is 9.58. The number of hydrogen-bond donors (Lipinski definition) is 2. The van der Waals surface area contributed by atoms with Crippen LogP contribution in [-0.2, 0) is 16.2 Å². The Morgan fingerprint density at radius 3 is 2.70 bits per heavy atom. The molecule has 0 aliphatic heterocycles. The normalized spacial score (nSPS) is 14.7. The number of benzene rings is 1. The molecule has 1 heterocycles. The highest BCUT2D eigenvalue weighted by atomic mass is 32.1. The van der Waals surface area contributed by atoms with Crippen LogP contribution in [0.4, 0.5) is 0 Å². The summed E-state index contributed by atoms with van der Waals surface area (Å²) in [6, 6.07) is 11.2. The standard InChI is InChI=1S/C21H26N2O3S/c1-16(20-12-7-13-27-20)22-26-15-21(25)23(18-9-3-2-4-10-18)14-17-8-5-6-11-19(17)24/h5-8,11-13,18,22,24H,1-4,9-10,14-15H2. The van der Waals surface area contributed by atoms with Gasteiger partial charge in [0, 0.05) is 18.2 Å². The number of amides is 1. The minimum Gasteiger partial charge on any atom is -0.508 e. The van der Waals surface area contributed by atoms with Crippen LogP contribution >= 0.6 is 11.3 Å². The van der Waals surface area contributed by atoms with E-state index in [9.17, 15) is 9.90 Å². The maximum absolute atomic E-state index is 12.9. The van der Waals surface area contributed by atoms with Gasteiger partial charge >= 0.3 is 0 Å². The van der Waals surface area contributed by atoms with Gasteiger partial charge in [-0.15, -0.1) is 11.3 Å². The van der Waals surface area contributed by atoms with Crippen molar-refractivity contribution >= 4 is 22.9 Å². The minimum absolute atomic E-state index is 0.0749. The zero-order valence-electron chi connectivity index (χ0n) is 15.4. The third-order valence-corrected chi connectivity index (χ3v) is 5.81. The van der Waals surface area contributed by atoms with E-state index >= 15 is 0 Å². The zero-order valence-corrected chi connectivity index (χ0v) is 16.2. The molecule has 1 fully saturated rings. The predicted molar refractivity (Wildman–Crippen MR) is 108 cm³/mol. The first-order valence-electron chi connectivity index (χ1n) is 9.32. The molecule has 144 valence electrons. The van der Waals surface area contributed by atoms with Gasteiger partial charge in [-0.25, -0.2) is 0 Å². The van der Waals surface area contributed by atoms with Crippen LogP contribution < -0.4 is 5.48 Å². The van der Waals surface area contributed by atoms with E-state index in [-0.39, 0.29) is 24.3 Å². The summed E-state index contributed by atoms with van der Waals surface area (Å²) in [6.07, 6.45) is 5.46. The molecule has 1 aliphatic carbocycles. The van der Waals surface area contributed by atoms with Crippen LogP contribution in [0.3, 0.4) is 0 Å². The van der Waals surface area contributed by atoms with E-state index in [1.165, 1.54) is 6.42 Å². The van der Waals surface area contributed by atoms with E-state index in [1.54, 1.807) is 23.5 Å². The fourth-order valence-corrected chi connectivity index (χ4v) is 4.05. The van der Waals surface area contributed by atoms with E-state index in [4.69, 9.17) is 4.84 Å². The number of carbonyl (C=O) groups excluding carboxylic acids is 1. The highest BCUT2D eigenvalue weighted by Crippen LogP contribution is 2.26. The smallest absolute Gasteiger partial charge is 0.251 e. The summed E-state index contributed by atoms with van der Waals surface area (Å²) in [5.74, 6) is 0.132. The van der Waals surface area contributed by atoms with Crippen LogP contribution in [0.5, 0.6) is 5.75 Å². The van der Waals surface area contributed by atoms with Crippen molar-refractivity contribution < 1.29 is 14.7 Å². The monoisotopic (exact) mass is 386 g/mol. The molecular formula is C21H26N2O3S. The molecule has 0 atom stereocenters. The molecule has 3 rings (SSSR count). The number of hydroxylamine groups is 1. The number of thiophene rings is 1. The summed E-state index contributed by atoms with van der Waals surface area (Å²) in [6.45, 7) is 4.24. The van der Waals surface area contributed by atoms with Crippen LogP contribution in [0.25, 0.3) is 5.70 Å². The fourth-order valence-electron chi connectivity index (χ4n) is 3.41. The molecule has 1 saturated carbocycles. The van der Waals surface area contributed by atoms with Gasteiger partial charge in [-0.3, -0.25) is 15.1 Å². The number of phenolic OH excluding ortho intramolecular Hbond substituents is 1. The van der Waals surface area contributed by atoms with Gasteiger partial charge < -0.3 is 10.0 Å². The quantitative estimate of drug-likeness (QED) is 0.664. The summed E-state index contributed by atoms with van der Waals surface area (Å²) in [5, 5.41) is 12.1. The van der Waals surface area contributed by atoms with E-state index in [0.717, 1.165) is 36.1 Å². The lowest BCUT2D eigenvalue weighted by Gasteiger charge is -2.34. The molecule has 2 N–H and O–H groups in total. The van der Waals surface area contributed by atoms with Gasteiger partial charge in [-0.05, 0) is 30.4 Å².